The monoisotopic (exact) mass is 412 g/mol. The van der Waals surface area contributed by atoms with Gasteiger partial charge >= 0.3 is 0 Å². The van der Waals surface area contributed by atoms with Crippen molar-refractivity contribution in [2.75, 3.05) is 18.0 Å². The van der Waals surface area contributed by atoms with Gasteiger partial charge in [-0.3, -0.25) is 0 Å². The molecule has 1 atom stereocenters. The zero-order valence-corrected chi connectivity index (χ0v) is 17.3. The van der Waals surface area contributed by atoms with Crippen LogP contribution in [0.15, 0.2) is 76.3 Å². The Hall–Kier alpha value is -2.15. The van der Waals surface area contributed by atoms with Gasteiger partial charge in [-0.25, -0.2) is 13.1 Å². The second-order valence-electron chi connectivity index (χ2n) is 7.02. The van der Waals surface area contributed by atoms with Crippen LogP contribution in [0.25, 0.3) is 0 Å². The van der Waals surface area contributed by atoms with Crippen molar-refractivity contribution in [1.29, 1.82) is 0 Å². The molecule has 4 rings (SSSR count). The Bertz CT molecular complexity index is 1000. The number of nitrogens with zero attached hydrogens (tertiary/aromatic N) is 1. The number of anilines is 1. The number of hydrogen-bond acceptors (Lipinski definition) is 4. The van der Waals surface area contributed by atoms with E-state index in [1.807, 2.05) is 30.3 Å². The third-order valence-corrected chi connectivity index (χ3v) is 8.02. The first kappa shape index (κ1) is 19.2. The minimum absolute atomic E-state index is 0.262. The van der Waals surface area contributed by atoms with Crippen molar-refractivity contribution in [2.24, 2.45) is 0 Å². The zero-order chi connectivity index (χ0) is 19.4. The predicted molar refractivity (Wildman–Crippen MR) is 115 cm³/mol. The first-order valence-electron chi connectivity index (χ1n) is 9.57. The van der Waals surface area contributed by atoms with Gasteiger partial charge in [-0.15, -0.1) is 11.3 Å². The zero-order valence-electron chi connectivity index (χ0n) is 15.6. The number of nitrogens with one attached hydrogen (secondary N) is 1. The van der Waals surface area contributed by atoms with Gasteiger partial charge < -0.3 is 4.90 Å². The first-order valence-corrected chi connectivity index (χ1v) is 11.9. The smallest absolute Gasteiger partial charge is 0.250 e. The lowest BCUT2D eigenvalue weighted by Crippen LogP contribution is -2.35. The third-order valence-electron chi connectivity index (χ3n) is 5.15. The summed E-state index contributed by atoms with van der Waals surface area (Å²) in [5, 5.41) is 1.79. The highest BCUT2D eigenvalue weighted by atomic mass is 32.2. The molecule has 0 spiro atoms. The largest absolute Gasteiger partial charge is 0.371 e. The topological polar surface area (TPSA) is 49.4 Å². The maximum atomic E-state index is 12.8. The summed E-state index contributed by atoms with van der Waals surface area (Å²) in [6.07, 6.45) is 2.96. The van der Waals surface area contributed by atoms with E-state index in [4.69, 9.17) is 0 Å². The van der Waals surface area contributed by atoms with E-state index in [1.165, 1.54) is 22.6 Å². The van der Waals surface area contributed by atoms with Crippen molar-refractivity contribution in [1.82, 2.24) is 4.72 Å². The summed E-state index contributed by atoms with van der Waals surface area (Å²) >= 11 is 1.24. The summed E-state index contributed by atoms with van der Waals surface area (Å²) < 4.78 is 28.9. The van der Waals surface area contributed by atoms with Crippen LogP contribution in [0.5, 0.6) is 0 Å². The Morgan fingerprint density at radius 3 is 2.57 bits per heavy atom. The molecular weight excluding hydrogens is 388 g/mol. The molecule has 2 heterocycles. The van der Waals surface area contributed by atoms with Crippen LogP contribution in [0.2, 0.25) is 0 Å². The van der Waals surface area contributed by atoms with Gasteiger partial charge in [0.15, 0.2) is 0 Å². The quantitative estimate of drug-likeness (QED) is 0.616. The number of thiophene rings is 1. The molecule has 4 nitrogen and oxygen atoms in total. The average molecular weight is 413 g/mol. The Kier molecular flexibility index (Phi) is 5.80. The number of sulfonamides is 1. The molecular formula is C22H24N2O2S2. The minimum Gasteiger partial charge on any atom is -0.371 e. The number of benzene rings is 2. The van der Waals surface area contributed by atoms with E-state index in [-0.39, 0.29) is 6.04 Å². The second kappa shape index (κ2) is 8.47. The minimum atomic E-state index is -3.53. The van der Waals surface area contributed by atoms with Gasteiger partial charge in [0.05, 0.1) is 0 Å². The van der Waals surface area contributed by atoms with Crippen molar-refractivity contribution < 1.29 is 8.42 Å². The van der Waals surface area contributed by atoms with Crippen LogP contribution >= 0.6 is 11.3 Å². The maximum absolute atomic E-state index is 12.8. The van der Waals surface area contributed by atoms with E-state index in [2.05, 4.69) is 33.9 Å². The summed E-state index contributed by atoms with van der Waals surface area (Å²) in [6, 6.07) is 21.5. The predicted octanol–water partition coefficient (Wildman–Crippen LogP) is 4.61. The first-order chi connectivity index (χ1) is 13.6. The van der Waals surface area contributed by atoms with Crippen molar-refractivity contribution in [3.8, 4) is 0 Å². The summed E-state index contributed by atoms with van der Waals surface area (Å²) in [5.41, 5.74) is 3.65. The van der Waals surface area contributed by atoms with E-state index in [1.54, 1.807) is 17.5 Å². The number of aryl methyl sites for hydroxylation is 1. The van der Waals surface area contributed by atoms with Gasteiger partial charge in [-0.2, -0.15) is 0 Å². The van der Waals surface area contributed by atoms with E-state index in [0.717, 1.165) is 31.5 Å². The average Bonchev–Trinajstić information content (AvgIpc) is 3.28. The van der Waals surface area contributed by atoms with Crippen molar-refractivity contribution in [2.45, 2.75) is 29.5 Å². The van der Waals surface area contributed by atoms with Crippen LogP contribution in [0, 0.1) is 0 Å². The van der Waals surface area contributed by atoms with E-state index in [9.17, 15) is 8.42 Å². The van der Waals surface area contributed by atoms with Crippen LogP contribution in [0.3, 0.4) is 0 Å². The Morgan fingerprint density at radius 1 is 1.00 bits per heavy atom. The number of rotatable bonds is 7. The second-order valence-corrected chi connectivity index (χ2v) is 9.91. The van der Waals surface area contributed by atoms with E-state index in [0.29, 0.717) is 10.6 Å². The molecule has 1 aromatic heterocycles. The summed E-state index contributed by atoms with van der Waals surface area (Å²) in [7, 11) is -3.53. The van der Waals surface area contributed by atoms with Crippen LogP contribution in [0.1, 0.15) is 30.0 Å². The fourth-order valence-corrected chi connectivity index (χ4v) is 6.04. The van der Waals surface area contributed by atoms with Crippen LogP contribution in [-0.2, 0) is 16.4 Å². The third kappa shape index (κ3) is 4.29. The Labute approximate surface area is 170 Å². The van der Waals surface area contributed by atoms with Gasteiger partial charge in [-0.05, 0) is 47.9 Å². The molecule has 0 amide bonds. The SMILES string of the molecule is O=S(=O)(NC(CCN1CCCc2ccccc21)c1ccccc1)c1cccs1. The van der Waals surface area contributed by atoms with E-state index >= 15 is 0 Å². The highest BCUT2D eigenvalue weighted by molar-refractivity contribution is 7.91. The molecule has 146 valence electrons. The molecule has 6 heteroatoms. The molecule has 1 unspecified atom stereocenters. The lowest BCUT2D eigenvalue weighted by Gasteiger charge is -2.32. The molecule has 1 aliphatic heterocycles. The molecule has 0 aliphatic carbocycles. The van der Waals surface area contributed by atoms with Gasteiger partial charge in [0, 0.05) is 24.8 Å². The van der Waals surface area contributed by atoms with Crippen LogP contribution in [-0.4, -0.2) is 21.5 Å². The standard InChI is InChI=1S/C22H24N2O2S2/c25-28(26,22-13-7-17-27-22)23-20(18-8-2-1-3-9-18)14-16-24-15-6-11-19-10-4-5-12-21(19)24/h1-5,7-10,12-13,17,20,23H,6,11,14-16H2. The number of para-hydroxylation sites is 1. The highest BCUT2D eigenvalue weighted by Gasteiger charge is 2.24. The highest BCUT2D eigenvalue weighted by Crippen LogP contribution is 2.29. The Balaban J connectivity index is 1.54. The van der Waals surface area contributed by atoms with Crippen LogP contribution in [0.4, 0.5) is 5.69 Å². The lowest BCUT2D eigenvalue weighted by atomic mass is 10.00. The molecule has 0 fully saturated rings. The molecule has 28 heavy (non-hydrogen) atoms. The molecule has 2 aromatic carbocycles. The van der Waals surface area contributed by atoms with Gasteiger partial charge in [0.2, 0.25) is 0 Å². The molecule has 3 aromatic rings. The summed E-state index contributed by atoms with van der Waals surface area (Å²) in [6.45, 7) is 1.82. The Morgan fingerprint density at radius 2 is 1.79 bits per heavy atom. The molecule has 0 saturated carbocycles. The van der Waals surface area contributed by atoms with Crippen molar-refractivity contribution >= 4 is 27.0 Å². The van der Waals surface area contributed by atoms with Gasteiger partial charge in [0.25, 0.3) is 10.0 Å². The fourth-order valence-electron chi connectivity index (χ4n) is 3.77. The molecule has 1 aliphatic rings. The van der Waals surface area contributed by atoms with Gasteiger partial charge in [-0.1, -0.05) is 54.6 Å². The fraction of sp³-hybridized carbons (Fsp3) is 0.273. The molecule has 0 bridgehead atoms. The van der Waals surface area contributed by atoms with Crippen molar-refractivity contribution in [3.63, 3.8) is 0 Å². The molecule has 0 saturated heterocycles. The molecule has 1 N–H and O–H groups in total. The van der Waals surface area contributed by atoms with Crippen molar-refractivity contribution in [3.05, 3.63) is 83.2 Å². The molecule has 0 radical (unpaired) electrons. The number of hydrogen-bond donors (Lipinski definition) is 1. The normalized spacial score (nSPS) is 15.2. The lowest BCUT2D eigenvalue weighted by molar-refractivity contribution is 0.533. The summed E-state index contributed by atoms with van der Waals surface area (Å²) in [5.74, 6) is 0. The summed E-state index contributed by atoms with van der Waals surface area (Å²) in [4.78, 5) is 2.38. The maximum Gasteiger partial charge on any atom is 0.250 e. The number of fused-ring (bicyclic) bond motifs is 1. The van der Waals surface area contributed by atoms with Gasteiger partial charge in [0.1, 0.15) is 4.21 Å². The van der Waals surface area contributed by atoms with E-state index < -0.39 is 10.0 Å². The van der Waals surface area contributed by atoms with Crippen LogP contribution < -0.4 is 9.62 Å².